The molecule has 1 amide bonds. The molecule has 1 aliphatic rings. The minimum Gasteiger partial charge on any atom is -0.366 e. The number of hydrogen-bond donors (Lipinski definition) is 3. The van der Waals surface area contributed by atoms with Gasteiger partial charge >= 0.3 is 0 Å². The van der Waals surface area contributed by atoms with Gasteiger partial charge in [-0.25, -0.2) is 8.42 Å². The Morgan fingerprint density at radius 2 is 1.92 bits per heavy atom. The zero-order chi connectivity index (χ0) is 18.0. The van der Waals surface area contributed by atoms with Crippen LogP contribution >= 0.6 is 0 Å². The number of carbonyl (C=O) groups excluding carboxylic acids is 1. The second-order valence-electron chi connectivity index (χ2n) is 5.91. The van der Waals surface area contributed by atoms with Gasteiger partial charge in [-0.15, -0.1) is 10.2 Å². The van der Waals surface area contributed by atoms with Gasteiger partial charge in [0.05, 0.1) is 11.3 Å². The molecule has 0 radical (unpaired) electrons. The van der Waals surface area contributed by atoms with Crippen molar-refractivity contribution in [3.8, 4) is 0 Å². The summed E-state index contributed by atoms with van der Waals surface area (Å²) < 4.78 is 27.4. The number of hydrogen-bond acceptors (Lipinski definition) is 6. The van der Waals surface area contributed by atoms with Gasteiger partial charge in [-0.3, -0.25) is 9.52 Å². The maximum atomic E-state index is 12.5. The average molecular weight is 361 g/mol. The van der Waals surface area contributed by atoms with Crippen molar-refractivity contribution in [2.24, 2.45) is 0 Å². The number of rotatable bonds is 6. The van der Waals surface area contributed by atoms with E-state index in [0.29, 0.717) is 17.1 Å². The maximum Gasteiger partial charge on any atom is 0.263 e. The molecule has 2 heterocycles. The molecule has 3 rings (SSSR count). The van der Waals surface area contributed by atoms with E-state index in [2.05, 4.69) is 25.6 Å². The van der Waals surface area contributed by atoms with Crippen molar-refractivity contribution in [2.45, 2.75) is 37.6 Å². The molecular formula is C16H19N5O3S. The highest BCUT2D eigenvalue weighted by Crippen LogP contribution is 2.26. The molecule has 1 unspecified atom stereocenters. The molecule has 1 atom stereocenters. The van der Waals surface area contributed by atoms with Gasteiger partial charge in [0.15, 0.2) is 5.82 Å². The first-order valence-electron chi connectivity index (χ1n) is 7.93. The Morgan fingerprint density at radius 3 is 2.60 bits per heavy atom. The molecule has 0 saturated carbocycles. The van der Waals surface area contributed by atoms with Crippen molar-refractivity contribution in [3.63, 3.8) is 0 Å². The third-order valence-corrected chi connectivity index (χ3v) is 5.27. The molecule has 1 aromatic heterocycles. The molecule has 8 nitrogen and oxygen atoms in total. The fraction of sp³-hybridized carbons (Fsp3) is 0.312. The summed E-state index contributed by atoms with van der Waals surface area (Å²) in [5.74, 6) is 0.566. The van der Waals surface area contributed by atoms with E-state index in [0.717, 1.165) is 6.42 Å². The molecule has 0 bridgehead atoms. The van der Waals surface area contributed by atoms with Crippen molar-refractivity contribution >= 4 is 33.3 Å². The Labute approximate surface area is 146 Å². The van der Waals surface area contributed by atoms with Gasteiger partial charge in [-0.2, -0.15) is 0 Å². The standard InChI is InChI=1S/C16H19N5O3S/c1-3-10(2)17-14-6-7-15(20-19-14)21-25(23,24)12-4-5-13-11(8-12)9-16(22)18-13/h4-8,10H,3,9H2,1-2H3,(H,17,19)(H,18,22)(H,20,21). The van der Waals surface area contributed by atoms with Crippen molar-refractivity contribution in [3.05, 3.63) is 35.9 Å². The van der Waals surface area contributed by atoms with Crippen molar-refractivity contribution < 1.29 is 13.2 Å². The van der Waals surface area contributed by atoms with E-state index in [1.807, 2.05) is 13.8 Å². The second-order valence-corrected chi connectivity index (χ2v) is 7.59. The van der Waals surface area contributed by atoms with Crippen LogP contribution in [0.5, 0.6) is 0 Å². The predicted molar refractivity (Wildman–Crippen MR) is 95.0 cm³/mol. The molecule has 2 aromatic rings. The quantitative estimate of drug-likeness (QED) is 0.725. The first-order valence-corrected chi connectivity index (χ1v) is 9.41. The van der Waals surface area contributed by atoms with Gasteiger partial charge in [0.2, 0.25) is 5.91 Å². The van der Waals surface area contributed by atoms with Gasteiger partial charge in [-0.1, -0.05) is 6.92 Å². The first-order chi connectivity index (χ1) is 11.9. The summed E-state index contributed by atoms with van der Waals surface area (Å²) in [4.78, 5) is 11.5. The number of amides is 1. The van der Waals surface area contributed by atoms with Crippen molar-refractivity contribution in [1.82, 2.24) is 10.2 Å². The minimum absolute atomic E-state index is 0.0753. The van der Waals surface area contributed by atoms with Gasteiger partial charge < -0.3 is 10.6 Å². The summed E-state index contributed by atoms with van der Waals surface area (Å²) in [6.45, 7) is 4.07. The Bertz CT molecular complexity index is 896. The lowest BCUT2D eigenvalue weighted by atomic mass is 10.2. The maximum absolute atomic E-state index is 12.5. The molecule has 1 aromatic carbocycles. The first kappa shape index (κ1) is 17.2. The molecular weight excluding hydrogens is 342 g/mol. The minimum atomic E-state index is -3.80. The van der Waals surface area contributed by atoms with E-state index in [1.54, 1.807) is 18.2 Å². The van der Waals surface area contributed by atoms with E-state index < -0.39 is 10.0 Å². The van der Waals surface area contributed by atoms with Crippen LogP contribution in [0.15, 0.2) is 35.2 Å². The molecule has 0 fully saturated rings. The highest BCUT2D eigenvalue weighted by molar-refractivity contribution is 7.92. The van der Waals surface area contributed by atoms with Crippen LogP contribution in [0.3, 0.4) is 0 Å². The van der Waals surface area contributed by atoms with Crippen LogP contribution in [0.4, 0.5) is 17.3 Å². The van der Waals surface area contributed by atoms with Gasteiger partial charge in [0.1, 0.15) is 5.82 Å². The number of carbonyl (C=O) groups is 1. The summed E-state index contributed by atoms with van der Waals surface area (Å²) in [6, 6.07) is 7.98. The number of fused-ring (bicyclic) bond motifs is 1. The summed E-state index contributed by atoms with van der Waals surface area (Å²) in [6.07, 6.45) is 1.11. The normalized spacial score (nSPS) is 14.6. The van der Waals surface area contributed by atoms with E-state index in [-0.39, 0.29) is 29.1 Å². The van der Waals surface area contributed by atoms with Crippen molar-refractivity contribution in [2.75, 3.05) is 15.4 Å². The van der Waals surface area contributed by atoms with Gasteiger partial charge in [0, 0.05) is 11.7 Å². The lowest BCUT2D eigenvalue weighted by Crippen LogP contribution is -2.17. The van der Waals surface area contributed by atoms with E-state index in [1.165, 1.54) is 12.1 Å². The van der Waals surface area contributed by atoms with Crippen LogP contribution in [0.25, 0.3) is 0 Å². The smallest absolute Gasteiger partial charge is 0.263 e. The molecule has 0 saturated heterocycles. The van der Waals surface area contributed by atoms with E-state index >= 15 is 0 Å². The number of sulfonamides is 1. The fourth-order valence-corrected chi connectivity index (χ4v) is 3.43. The Balaban J connectivity index is 1.76. The highest BCUT2D eigenvalue weighted by Gasteiger charge is 2.22. The Kier molecular flexibility index (Phi) is 4.58. The number of benzene rings is 1. The molecule has 1 aliphatic heterocycles. The summed E-state index contributed by atoms with van der Waals surface area (Å²) in [5, 5.41) is 13.7. The van der Waals surface area contributed by atoms with Crippen LogP contribution in [-0.2, 0) is 21.2 Å². The van der Waals surface area contributed by atoms with E-state index in [9.17, 15) is 13.2 Å². The van der Waals surface area contributed by atoms with Crippen LogP contribution in [0, 0.1) is 0 Å². The number of nitrogens with zero attached hydrogens (tertiary/aromatic N) is 2. The third-order valence-electron chi connectivity index (χ3n) is 3.92. The largest absolute Gasteiger partial charge is 0.366 e. The number of aromatic nitrogens is 2. The topological polar surface area (TPSA) is 113 Å². The zero-order valence-electron chi connectivity index (χ0n) is 13.9. The Morgan fingerprint density at radius 1 is 1.20 bits per heavy atom. The van der Waals surface area contributed by atoms with Crippen LogP contribution in [0.1, 0.15) is 25.8 Å². The average Bonchev–Trinajstić information content (AvgIpc) is 2.95. The van der Waals surface area contributed by atoms with Gasteiger partial charge in [-0.05, 0) is 49.2 Å². The monoisotopic (exact) mass is 361 g/mol. The molecule has 25 heavy (non-hydrogen) atoms. The molecule has 9 heteroatoms. The lowest BCUT2D eigenvalue weighted by molar-refractivity contribution is -0.115. The molecule has 0 aliphatic carbocycles. The van der Waals surface area contributed by atoms with Gasteiger partial charge in [0.25, 0.3) is 10.0 Å². The zero-order valence-corrected chi connectivity index (χ0v) is 14.7. The van der Waals surface area contributed by atoms with Crippen LogP contribution in [0.2, 0.25) is 0 Å². The fourth-order valence-electron chi connectivity index (χ4n) is 2.39. The molecule has 0 spiro atoms. The third kappa shape index (κ3) is 3.87. The second kappa shape index (κ2) is 6.67. The van der Waals surface area contributed by atoms with Crippen LogP contribution in [-0.4, -0.2) is 30.6 Å². The van der Waals surface area contributed by atoms with Crippen molar-refractivity contribution in [1.29, 1.82) is 0 Å². The summed E-state index contributed by atoms with van der Waals surface area (Å²) in [5.41, 5.74) is 1.30. The number of nitrogens with one attached hydrogen (secondary N) is 3. The SMILES string of the molecule is CCC(C)Nc1ccc(NS(=O)(=O)c2ccc3c(c2)CC(=O)N3)nn1. The predicted octanol–water partition coefficient (Wildman–Crippen LogP) is 1.98. The van der Waals surface area contributed by atoms with E-state index in [4.69, 9.17) is 0 Å². The molecule has 132 valence electrons. The lowest BCUT2D eigenvalue weighted by Gasteiger charge is -2.12. The summed E-state index contributed by atoms with van der Waals surface area (Å²) >= 11 is 0. The Hall–Kier alpha value is -2.68. The van der Waals surface area contributed by atoms with Crippen LogP contribution < -0.4 is 15.4 Å². The summed E-state index contributed by atoms with van der Waals surface area (Å²) in [7, 11) is -3.80. The number of anilines is 3. The molecule has 3 N–H and O–H groups in total. The highest BCUT2D eigenvalue weighted by atomic mass is 32.2.